The fourth-order valence-electron chi connectivity index (χ4n) is 2.39. The Morgan fingerprint density at radius 3 is 2.86 bits per heavy atom. The number of aromatic nitrogens is 1. The molecule has 3 aromatic heterocycles. The van der Waals surface area contributed by atoms with Crippen LogP contribution in [-0.2, 0) is 0 Å². The molecule has 4 aromatic rings. The molecule has 0 fully saturated rings. The third-order valence-corrected chi connectivity index (χ3v) is 4.46. The van der Waals surface area contributed by atoms with Crippen molar-refractivity contribution in [2.45, 2.75) is 0 Å². The van der Waals surface area contributed by atoms with Gasteiger partial charge in [0.15, 0.2) is 0 Å². The second-order valence-electron chi connectivity index (χ2n) is 4.72. The fraction of sp³-hybridized carbons (Fsp3) is 0. The van der Waals surface area contributed by atoms with Gasteiger partial charge < -0.3 is 10.2 Å². The summed E-state index contributed by atoms with van der Waals surface area (Å²) in [6, 6.07) is 11.6. The van der Waals surface area contributed by atoms with Gasteiger partial charge in [-0.15, -0.1) is 11.3 Å². The third kappa shape index (κ3) is 1.90. The van der Waals surface area contributed by atoms with Crippen LogP contribution < -0.4 is 5.73 Å². The Kier molecular flexibility index (Phi) is 2.55. The number of carbonyl (C=O) groups excluding carboxylic acids is 1. The van der Waals surface area contributed by atoms with Gasteiger partial charge in [0, 0.05) is 28.7 Å². The van der Waals surface area contributed by atoms with Gasteiger partial charge in [-0.25, -0.2) is 0 Å². The maximum atomic E-state index is 11.3. The van der Waals surface area contributed by atoms with Crippen molar-refractivity contribution in [2.24, 2.45) is 5.73 Å². The molecule has 1 amide bonds. The third-order valence-electron chi connectivity index (χ3n) is 3.38. The monoisotopic (exact) mass is 294 g/mol. The Morgan fingerprint density at radius 1 is 1.19 bits per heavy atom. The number of hydrogen-bond donors (Lipinski definition) is 1. The summed E-state index contributed by atoms with van der Waals surface area (Å²) in [7, 11) is 0. The number of rotatable bonds is 2. The Hall–Kier alpha value is -2.66. The molecule has 3 heterocycles. The lowest BCUT2D eigenvalue weighted by Gasteiger charge is -1.97. The van der Waals surface area contributed by atoms with E-state index in [1.54, 1.807) is 18.5 Å². The molecule has 2 N–H and O–H groups in total. The predicted octanol–water partition coefficient (Wildman–Crippen LogP) is 3.81. The first-order valence-corrected chi connectivity index (χ1v) is 7.20. The van der Waals surface area contributed by atoms with Gasteiger partial charge in [-0.2, -0.15) is 0 Å². The topological polar surface area (TPSA) is 69.1 Å². The lowest BCUT2D eigenvalue weighted by molar-refractivity contribution is 0.100. The predicted molar refractivity (Wildman–Crippen MR) is 83.3 cm³/mol. The first-order chi connectivity index (χ1) is 10.2. The van der Waals surface area contributed by atoms with E-state index in [0.29, 0.717) is 4.88 Å². The molecule has 21 heavy (non-hydrogen) atoms. The molecular weight excluding hydrogens is 284 g/mol. The lowest BCUT2D eigenvalue weighted by atomic mass is 10.1. The molecule has 0 bridgehead atoms. The highest BCUT2D eigenvalue weighted by molar-refractivity contribution is 7.20. The number of benzene rings is 1. The van der Waals surface area contributed by atoms with Gasteiger partial charge in [0.2, 0.25) is 0 Å². The maximum absolute atomic E-state index is 11.3. The fourth-order valence-corrected chi connectivity index (χ4v) is 3.30. The van der Waals surface area contributed by atoms with Crippen molar-refractivity contribution in [3.8, 4) is 11.3 Å². The van der Waals surface area contributed by atoms with Gasteiger partial charge >= 0.3 is 0 Å². The highest BCUT2D eigenvalue weighted by atomic mass is 32.1. The molecule has 4 rings (SSSR count). The first-order valence-electron chi connectivity index (χ1n) is 6.39. The van der Waals surface area contributed by atoms with Crippen molar-refractivity contribution >= 4 is 38.3 Å². The molecule has 5 heteroatoms. The van der Waals surface area contributed by atoms with Crippen LogP contribution in [0.3, 0.4) is 0 Å². The van der Waals surface area contributed by atoms with E-state index < -0.39 is 5.91 Å². The van der Waals surface area contributed by atoms with Crippen molar-refractivity contribution in [1.29, 1.82) is 0 Å². The minimum atomic E-state index is -0.424. The summed E-state index contributed by atoms with van der Waals surface area (Å²) in [5.74, 6) is 0.315. The number of amides is 1. The molecule has 4 nitrogen and oxygen atoms in total. The quantitative estimate of drug-likeness (QED) is 0.611. The Labute approximate surface area is 123 Å². The summed E-state index contributed by atoms with van der Waals surface area (Å²) >= 11 is 1.34. The van der Waals surface area contributed by atoms with Crippen LogP contribution in [0.1, 0.15) is 9.67 Å². The average Bonchev–Trinajstić information content (AvgIpc) is 3.10. The van der Waals surface area contributed by atoms with Crippen LogP contribution >= 0.6 is 11.3 Å². The summed E-state index contributed by atoms with van der Waals surface area (Å²) < 4.78 is 6.80. The van der Waals surface area contributed by atoms with Gasteiger partial charge in [0.05, 0.1) is 9.58 Å². The molecule has 0 aliphatic rings. The Morgan fingerprint density at radius 2 is 2.05 bits per heavy atom. The summed E-state index contributed by atoms with van der Waals surface area (Å²) in [6.45, 7) is 0. The number of furan rings is 1. The van der Waals surface area contributed by atoms with E-state index in [0.717, 1.165) is 32.4 Å². The second kappa shape index (κ2) is 4.43. The number of primary amides is 1. The highest BCUT2D eigenvalue weighted by Crippen LogP contribution is 2.35. The summed E-state index contributed by atoms with van der Waals surface area (Å²) in [6.07, 6.45) is 3.48. The molecular formula is C16H10N2O2S. The number of fused-ring (bicyclic) bond motifs is 2. The second-order valence-corrected chi connectivity index (χ2v) is 5.81. The normalized spacial score (nSPS) is 11.2. The van der Waals surface area contributed by atoms with Crippen LogP contribution in [0.25, 0.3) is 32.4 Å². The molecule has 0 aliphatic heterocycles. The van der Waals surface area contributed by atoms with E-state index in [9.17, 15) is 4.79 Å². The Bertz CT molecular complexity index is 951. The summed E-state index contributed by atoms with van der Waals surface area (Å²) in [5, 5.41) is 1.97. The van der Waals surface area contributed by atoms with E-state index >= 15 is 0 Å². The number of carbonyl (C=O) groups is 1. The molecule has 0 unspecified atom stereocenters. The van der Waals surface area contributed by atoms with Gasteiger partial charge in [0.1, 0.15) is 11.3 Å². The van der Waals surface area contributed by atoms with Crippen LogP contribution in [0.5, 0.6) is 0 Å². The van der Waals surface area contributed by atoms with Gasteiger partial charge in [0.25, 0.3) is 5.91 Å². The zero-order valence-corrected chi connectivity index (χ0v) is 11.7. The lowest BCUT2D eigenvalue weighted by Crippen LogP contribution is -2.08. The number of nitrogens with zero attached hydrogens (tertiary/aromatic N) is 1. The number of thiophene rings is 1. The van der Waals surface area contributed by atoms with Crippen molar-refractivity contribution in [3.05, 3.63) is 53.7 Å². The van der Waals surface area contributed by atoms with Gasteiger partial charge in [-0.1, -0.05) is 18.2 Å². The van der Waals surface area contributed by atoms with E-state index in [2.05, 4.69) is 4.98 Å². The van der Waals surface area contributed by atoms with E-state index in [4.69, 9.17) is 10.2 Å². The summed E-state index contributed by atoms with van der Waals surface area (Å²) in [4.78, 5) is 16.1. The Balaban J connectivity index is 1.98. The molecule has 0 atom stereocenters. The van der Waals surface area contributed by atoms with Crippen LogP contribution in [0.2, 0.25) is 0 Å². The molecule has 0 saturated heterocycles. The number of pyridine rings is 1. The SMILES string of the molecule is NC(=O)c1cc2c(-c3cc4ccccc4o3)cncc2s1. The van der Waals surface area contributed by atoms with E-state index in [-0.39, 0.29) is 0 Å². The standard InChI is InChI=1S/C16H10N2O2S/c17-16(19)14-6-10-11(7-18-8-15(10)21-14)13-5-9-3-1-2-4-12(9)20-13/h1-8H,(H2,17,19). The zero-order valence-electron chi connectivity index (χ0n) is 10.9. The van der Waals surface area contributed by atoms with Crippen molar-refractivity contribution in [2.75, 3.05) is 0 Å². The van der Waals surface area contributed by atoms with Gasteiger partial charge in [-0.3, -0.25) is 9.78 Å². The largest absolute Gasteiger partial charge is 0.456 e. The zero-order chi connectivity index (χ0) is 14.4. The molecule has 0 spiro atoms. The number of para-hydroxylation sites is 1. The molecule has 0 saturated carbocycles. The smallest absolute Gasteiger partial charge is 0.258 e. The van der Waals surface area contributed by atoms with Crippen molar-refractivity contribution in [3.63, 3.8) is 0 Å². The molecule has 0 aliphatic carbocycles. The maximum Gasteiger partial charge on any atom is 0.258 e. The summed E-state index contributed by atoms with van der Waals surface area (Å²) in [5.41, 5.74) is 7.05. The minimum absolute atomic E-state index is 0.424. The molecule has 102 valence electrons. The first kappa shape index (κ1) is 12.1. The van der Waals surface area contributed by atoms with Crippen LogP contribution in [0.15, 0.2) is 53.2 Å². The number of hydrogen-bond acceptors (Lipinski definition) is 4. The molecule has 1 aromatic carbocycles. The van der Waals surface area contributed by atoms with Crippen molar-refractivity contribution in [1.82, 2.24) is 4.98 Å². The molecule has 0 radical (unpaired) electrons. The highest BCUT2D eigenvalue weighted by Gasteiger charge is 2.14. The van der Waals surface area contributed by atoms with E-state index in [1.165, 1.54) is 11.3 Å². The van der Waals surface area contributed by atoms with Crippen LogP contribution in [0.4, 0.5) is 0 Å². The minimum Gasteiger partial charge on any atom is -0.456 e. The van der Waals surface area contributed by atoms with Crippen molar-refractivity contribution < 1.29 is 9.21 Å². The van der Waals surface area contributed by atoms with Crippen LogP contribution in [0, 0.1) is 0 Å². The van der Waals surface area contributed by atoms with Crippen LogP contribution in [-0.4, -0.2) is 10.9 Å². The van der Waals surface area contributed by atoms with E-state index in [1.807, 2.05) is 30.3 Å². The number of nitrogens with two attached hydrogens (primary N) is 1. The van der Waals surface area contributed by atoms with Gasteiger partial charge in [-0.05, 0) is 18.2 Å². The average molecular weight is 294 g/mol.